The van der Waals surface area contributed by atoms with Crippen LogP contribution < -0.4 is 10.2 Å². The molecule has 39 heavy (non-hydrogen) atoms. The van der Waals surface area contributed by atoms with Gasteiger partial charge in [0.25, 0.3) is 0 Å². The highest BCUT2D eigenvalue weighted by molar-refractivity contribution is 6.06. The average Bonchev–Trinajstić information content (AvgIpc) is 3.29. The van der Waals surface area contributed by atoms with Gasteiger partial charge in [0.1, 0.15) is 11.3 Å². The van der Waals surface area contributed by atoms with Crippen LogP contribution in [0.1, 0.15) is 58.9 Å². The van der Waals surface area contributed by atoms with Gasteiger partial charge in [-0.2, -0.15) is 0 Å². The zero-order valence-electron chi connectivity index (χ0n) is 22.8. The molecule has 0 aliphatic carbocycles. The Balaban J connectivity index is 1.18. The summed E-state index contributed by atoms with van der Waals surface area (Å²) in [5.74, 6) is -0.842. The predicted molar refractivity (Wildman–Crippen MR) is 143 cm³/mol. The van der Waals surface area contributed by atoms with E-state index in [1.807, 2.05) is 33.0 Å². The normalized spacial score (nSPS) is 21.4. The SMILES string of the molecule is CC(C)(C)OC(=O)N1CCC(F)(CN2CCC(n3ccc4c(F)c(N5CCC(=O)NC5=O)ccc43)CC2)CC1. The number of imide groups is 1. The summed E-state index contributed by atoms with van der Waals surface area (Å²) in [6, 6.07) is 4.68. The fraction of sp³-hybridized carbons (Fsp3) is 0.607. The first-order valence-electron chi connectivity index (χ1n) is 13.7. The second-order valence-corrected chi connectivity index (χ2v) is 11.9. The number of fused-ring (bicyclic) bond motifs is 1. The number of nitrogens with zero attached hydrogens (tertiary/aromatic N) is 4. The van der Waals surface area contributed by atoms with E-state index in [-0.39, 0.29) is 36.7 Å². The van der Waals surface area contributed by atoms with Gasteiger partial charge < -0.3 is 19.1 Å². The molecule has 3 fully saturated rings. The number of rotatable bonds is 4. The molecule has 0 atom stereocenters. The second-order valence-electron chi connectivity index (χ2n) is 11.9. The first kappa shape index (κ1) is 27.4. The van der Waals surface area contributed by atoms with Crippen molar-refractivity contribution < 1.29 is 27.9 Å². The van der Waals surface area contributed by atoms with Crippen molar-refractivity contribution in [2.24, 2.45) is 0 Å². The Labute approximate surface area is 227 Å². The Morgan fingerprint density at radius 3 is 2.41 bits per heavy atom. The van der Waals surface area contributed by atoms with E-state index in [0.29, 0.717) is 37.9 Å². The molecule has 0 bridgehead atoms. The summed E-state index contributed by atoms with van der Waals surface area (Å²) in [7, 11) is 0. The molecule has 1 aromatic heterocycles. The molecule has 9 nitrogen and oxygen atoms in total. The molecule has 3 saturated heterocycles. The Kier molecular flexibility index (Phi) is 7.30. The molecule has 4 heterocycles. The molecule has 0 radical (unpaired) electrons. The van der Waals surface area contributed by atoms with Crippen LogP contribution in [0.25, 0.3) is 10.9 Å². The summed E-state index contributed by atoms with van der Waals surface area (Å²) in [6.45, 7) is 8.10. The number of benzene rings is 1. The number of amides is 4. The van der Waals surface area contributed by atoms with Crippen LogP contribution in [0, 0.1) is 5.82 Å². The van der Waals surface area contributed by atoms with Gasteiger partial charge in [-0.1, -0.05) is 0 Å². The standard InChI is InChI=1S/C28H37F2N5O4/c1-27(2,3)39-26(38)33-16-10-28(30,11-17-33)18-32-12-6-19(7-13-32)34-14-8-20-21(34)4-5-22(24(20)29)35-15-9-23(36)31-25(35)37/h4-5,8,14,19H,6-7,9-13,15-18H2,1-3H3,(H,31,36,37). The quantitative estimate of drug-likeness (QED) is 0.607. The number of hydrogen-bond donors (Lipinski definition) is 1. The lowest BCUT2D eigenvalue weighted by molar-refractivity contribution is -0.120. The van der Waals surface area contributed by atoms with Crippen LogP contribution in [0.2, 0.25) is 0 Å². The number of carbonyl (C=O) groups is 3. The van der Waals surface area contributed by atoms with Crippen molar-refractivity contribution in [1.29, 1.82) is 0 Å². The molecule has 1 N–H and O–H groups in total. The molecule has 4 amide bonds. The lowest BCUT2D eigenvalue weighted by Gasteiger charge is -2.41. The minimum absolute atomic E-state index is 0.130. The number of ether oxygens (including phenoxy) is 1. The minimum Gasteiger partial charge on any atom is -0.444 e. The fourth-order valence-electron chi connectivity index (χ4n) is 5.84. The minimum atomic E-state index is -1.34. The monoisotopic (exact) mass is 545 g/mol. The van der Waals surface area contributed by atoms with Crippen LogP contribution >= 0.6 is 0 Å². The lowest BCUT2D eigenvalue weighted by atomic mass is 9.91. The zero-order valence-corrected chi connectivity index (χ0v) is 22.8. The van der Waals surface area contributed by atoms with Crippen LogP contribution in [-0.4, -0.2) is 82.9 Å². The van der Waals surface area contributed by atoms with Gasteiger partial charge in [0.05, 0.1) is 11.2 Å². The molecule has 212 valence electrons. The molecular weight excluding hydrogens is 508 g/mol. The van der Waals surface area contributed by atoms with Crippen molar-refractivity contribution >= 4 is 34.6 Å². The van der Waals surface area contributed by atoms with Gasteiger partial charge in [-0.25, -0.2) is 18.4 Å². The van der Waals surface area contributed by atoms with Gasteiger partial charge in [0.15, 0.2) is 5.82 Å². The van der Waals surface area contributed by atoms with Crippen molar-refractivity contribution in [3.8, 4) is 0 Å². The van der Waals surface area contributed by atoms with E-state index in [4.69, 9.17) is 4.74 Å². The van der Waals surface area contributed by atoms with Gasteiger partial charge in [-0.05, 0) is 51.8 Å². The van der Waals surface area contributed by atoms with E-state index in [0.717, 1.165) is 31.4 Å². The molecule has 3 aliphatic rings. The number of anilines is 1. The number of urea groups is 1. The number of aromatic nitrogens is 1. The topological polar surface area (TPSA) is 87.1 Å². The van der Waals surface area contributed by atoms with Gasteiger partial charge in [-0.3, -0.25) is 15.0 Å². The molecular formula is C28H37F2N5O4. The van der Waals surface area contributed by atoms with Crippen molar-refractivity contribution in [3.05, 3.63) is 30.2 Å². The Morgan fingerprint density at radius 1 is 1.08 bits per heavy atom. The summed E-state index contributed by atoms with van der Waals surface area (Å²) in [5.41, 5.74) is -1.00. The number of carbonyl (C=O) groups excluding carboxylic acids is 3. The third kappa shape index (κ3) is 5.88. The van der Waals surface area contributed by atoms with Gasteiger partial charge in [0.2, 0.25) is 5.91 Å². The molecule has 0 spiro atoms. The number of halogens is 2. The van der Waals surface area contributed by atoms with Crippen molar-refractivity contribution in [1.82, 2.24) is 19.7 Å². The lowest BCUT2D eigenvalue weighted by Crippen LogP contribution is -2.51. The van der Waals surface area contributed by atoms with Crippen molar-refractivity contribution in [3.63, 3.8) is 0 Å². The molecule has 1 aromatic carbocycles. The maximum Gasteiger partial charge on any atom is 0.410 e. The summed E-state index contributed by atoms with van der Waals surface area (Å²) in [5, 5.41) is 2.66. The van der Waals surface area contributed by atoms with Crippen molar-refractivity contribution in [2.75, 3.05) is 44.2 Å². The Morgan fingerprint density at radius 2 is 1.77 bits per heavy atom. The highest BCUT2D eigenvalue weighted by Gasteiger charge is 2.39. The predicted octanol–water partition coefficient (Wildman–Crippen LogP) is 4.60. The summed E-state index contributed by atoms with van der Waals surface area (Å²) >= 11 is 0. The molecule has 0 saturated carbocycles. The Bertz CT molecular complexity index is 1260. The summed E-state index contributed by atoms with van der Waals surface area (Å²) in [6.07, 6.45) is 3.82. The number of alkyl halides is 1. The largest absolute Gasteiger partial charge is 0.444 e. The first-order valence-corrected chi connectivity index (χ1v) is 13.7. The third-order valence-corrected chi connectivity index (χ3v) is 7.93. The molecule has 3 aliphatic heterocycles. The van der Waals surface area contributed by atoms with Gasteiger partial charge in [-0.15, -0.1) is 0 Å². The Hall–Kier alpha value is -3.21. The molecule has 2 aromatic rings. The number of nitrogens with one attached hydrogen (secondary N) is 1. The van der Waals surface area contributed by atoms with Crippen molar-refractivity contribution in [2.45, 2.75) is 70.2 Å². The summed E-state index contributed by atoms with van der Waals surface area (Å²) < 4.78 is 38.6. The van der Waals surface area contributed by atoms with Crippen LogP contribution in [0.3, 0.4) is 0 Å². The van der Waals surface area contributed by atoms with E-state index in [2.05, 4.69) is 14.8 Å². The van der Waals surface area contributed by atoms with Crippen LogP contribution in [0.4, 0.5) is 24.1 Å². The van der Waals surface area contributed by atoms with Gasteiger partial charge in [0, 0.05) is 76.2 Å². The zero-order chi connectivity index (χ0) is 27.9. The van der Waals surface area contributed by atoms with Crippen LogP contribution in [0.15, 0.2) is 24.4 Å². The van der Waals surface area contributed by atoms with Crippen LogP contribution in [-0.2, 0) is 9.53 Å². The maximum atomic E-state index is 15.7. The van der Waals surface area contributed by atoms with E-state index < -0.39 is 23.1 Å². The summed E-state index contributed by atoms with van der Waals surface area (Å²) in [4.78, 5) is 41.0. The van der Waals surface area contributed by atoms with E-state index in [1.54, 1.807) is 17.0 Å². The average molecular weight is 546 g/mol. The van der Waals surface area contributed by atoms with E-state index in [1.165, 1.54) is 4.90 Å². The highest BCUT2D eigenvalue weighted by Crippen LogP contribution is 2.35. The number of piperidine rings is 2. The smallest absolute Gasteiger partial charge is 0.410 e. The van der Waals surface area contributed by atoms with Crippen LogP contribution in [0.5, 0.6) is 0 Å². The number of hydrogen-bond acceptors (Lipinski definition) is 5. The highest BCUT2D eigenvalue weighted by atomic mass is 19.1. The van der Waals surface area contributed by atoms with E-state index >= 15 is 8.78 Å². The van der Waals surface area contributed by atoms with E-state index in [9.17, 15) is 14.4 Å². The second kappa shape index (κ2) is 10.4. The number of likely N-dealkylation sites (tertiary alicyclic amines) is 2. The fourth-order valence-corrected chi connectivity index (χ4v) is 5.84. The molecule has 0 unspecified atom stereocenters. The third-order valence-electron chi connectivity index (χ3n) is 7.93. The van der Waals surface area contributed by atoms with Gasteiger partial charge >= 0.3 is 12.1 Å². The molecule has 5 rings (SSSR count). The molecule has 11 heteroatoms. The maximum absolute atomic E-state index is 15.7. The first-order chi connectivity index (χ1) is 18.4.